The van der Waals surface area contributed by atoms with Crippen molar-refractivity contribution in [1.82, 2.24) is 10.0 Å². The van der Waals surface area contributed by atoms with Gasteiger partial charge in [-0.3, -0.25) is 9.59 Å². The Hall–Kier alpha value is -2.00. The molecule has 1 aromatic carbocycles. The van der Waals surface area contributed by atoms with Crippen molar-refractivity contribution < 1.29 is 27.5 Å². The number of rotatable bonds is 7. The predicted octanol–water partition coefficient (Wildman–Crippen LogP) is 0.472. The second kappa shape index (κ2) is 7.32. The van der Waals surface area contributed by atoms with Crippen LogP contribution in [0.15, 0.2) is 29.2 Å². The normalized spacial score (nSPS) is 14.1. The minimum Gasteiger partial charge on any atom is -0.480 e. The fourth-order valence-electron chi connectivity index (χ4n) is 1.57. The van der Waals surface area contributed by atoms with Crippen LogP contribution < -0.4 is 10.0 Å². The number of carboxylic acid groups (broad SMARTS) is 1. The van der Waals surface area contributed by atoms with Gasteiger partial charge in [0.1, 0.15) is 17.9 Å². The first-order valence-corrected chi connectivity index (χ1v) is 7.96. The molecule has 0 radical (unpaired) electrons. The number of hydrogen-bond donors (Lipinski definition) is 3. The van der Waals surface area contributed by atoms with E-state index >= 15 is 0 Å². The first kappa shape index (κ1) is 18.1. The van der Waals surface area contributed by atoms with E-state index in [1.165, 1.54) is 6.92 Å². The average Bonchev–Trinajstić information content (AvgIpc) is 2.44. The van der Waals surface area contributed by atoms with Gasteiger partial charge < -0.3 is 10.4 Å². The van der Waals surface area contributed by atoms with Gasteiger partial charge in [-0.2, -0.15) is 4.72 Å². The molecule has 0 saturated heterocycles. The summed E-state index contributed by atoms with van der Waals surface area (Å²) in [6, 6.07) is 1.85. The Bertz CT molecular complexity index is 645. The molecular formula is C13H17FN2O5S. The zero-order chi connectivity index (χ0) is 16.9. The van der Waals surface area contributed by atoms with E-state index in [4.69, 9.17) is 5.11 Å². The zero-order valence-corrected chi connectivity index (χ0v) is 12.9. The number of hydrogen-bond acceptors (Lipinski definition) is 4. The minimum atomic E-state index is -4.01. The lowest BCUT2D eigenvalue weighted by atomic mass is 10.2. The third kappa shape index (κ3) is 4.78. The summed E-state index contributed by atoms with van der Waals surface area (Å²) >= 11 is 0. The SMILES string of the molecule is CCC(NS(=O)(=O)c1ccc(F)cc1)C(=O)NC(C)C(=O)O. The highest BCUT2D eigenvalue weighted by molar-refractivity contribution is 7.89. The molecule has 0 aliphatic rings. The summed E-state index contributed by atoms with van der Waals surface area (Å²) in [5.41, 5.74) is 0. The molecule has 0 fully saturated rings. The standard InChI is InChI=1S/C13H17FN2O5S/c1-3-11(12(17)15-8(2)13(18)19)16-22(20,21)10-6-4-9(14)5-7-10/h4-8,11,16H,3H2,1-2H3,(H,15,17)(H,18,19). The molecule has 1 aromatic rings. The first-order chi connectivity index (χ1) is 10.2. The van der Waals surface area contributed by atoms with Crippen molar-refractivity contribution in [2.45, 2.75) is 37.2 Å². The Morgan fingerprint density at radius 1 is 1.27 bits per heavy atom. The summed E-state index contributed by atoms with van der Waals surface area (Å²) in [6.45, 7) is 2.84. The summed E-state index contributed by atoms with van der Waals surface area (Å²) in [6.07, 6.45) is 0.124. The molecule has 7 nitrogen and oxygen atoms in total. The van der Waals surface area contributed by atoms with E-state index in [0.717, 1.165) is 24.3 Å². The van der Waals surface area contributed by atoms with E-state index in [9.17, 15) is 22.4 Å². The van der Waals surface area contributed by atoms with Gasteiger partial charge in [0.25, 0.3) is 0 Å². The number of nitrogens with one attached hydrogen (secondary N) is 2. The highest BCUT2D eigenvalue weighted by atomic mass is 32.2. The molecule has 22 heavy (non-hydrogen) atoms. The fourth-order valence-corrected chi connectivity index (χ4v) is 2.85. The summed E-state index contributed by atoms with van der Waals surface area (Å²) in [5.74, 6) is -2.56. The van der Waals surface area contributed by atoms with Crippen LogP contribution in [0, 0.1) is 5.82 Å². The number of carboxylic acids is 1. The number of carbonyl (C=O) groups is 2. The number of benzene rings is 1. The molecule has 0 saturated carbocycles. The van der Waals surface area contributed by atoms with Gasteiger partial charge in [-0.25, -0.2) is 12.8 Å². The summed E-state index contributed by atoms with van der Waals surface area (Å²) in [4.78, 5) is 22.4. The van der Waals surface area contributed by atoms with Crippen molar-refractivity contribution in [3.05, 3.63) is 30.1 Å². The van der Waals surface area contributed by atoms with Crippen LogP contribution >= 0.6 is 0 Å². The van der Waals surface area contributed by atoms with Crippen molar-refractivity contribution >= 4 is 21.9 Å². The molecule has 0 aromatic heterocycles. The molecule has 0 spiro atoms. The first-order valence-electron chi connectivity index (χ1n) is 6.48. The number of aliphatic carboxylic acids is 1. The topological polar surface area (TPSA) is 113 Å². The highest BCUT2D eigenvalue weighted by Crippen LogP contribution is 2.11. The Morgan fingerprint density at radius 3 is 2.27 bits per heavy atom. The van der Waals surface area contributed by atoms with Gasteiger partial charge in [0.15, 0.2) is 0 Å². The summed E-state index contributed by atoms with van der Waals surface area (Å²) in [5, 5.41) is 10.9. The third-order valence-electron chi connectivity index (χ3n) is 2.88. The smallest absolute Gasteiger partial charge is 0.325 e. The Morgan fingerprint density at radius 2 is 1.82 bits per heavy atom. The lowest BCUT2D eigenvalue weighted by Crippen LogP contribution is -2.50. The van der Waals surface area contributed by atoms with Crippen LogP contribution in [0.2, 0.25) is 0 Å². The van der Waals surface area contributed by atoms with Crippen LogP contribution in [0.25, 0.3) is 0 Å². The largest absolute Gasteiger partial charge is 0.480 e. The molecule has 122 valence electrons. The molecule has 0 aliphatic heterocycles. The lowest BCUT2D eigenvalue weighted by molar-refractivity contribution is -0.141. The van der Waals surface area contributed by atoms with Gasteiger partial charge in [0.05, 0.1) is 4.90 Å². The molecule has 0 heterocycles. The molecular weight excluding hydrogens is 315 g/mol. The summed E-state index contributed by atoms with van der Waals surface area (Å²) in [7, 11) is -4.01. The van der Waals surface area contributed by atoms with Gasteiger partial charge in [-0.05, 0) is 37.6 Å². The van der Waals surface area contributed by atoms with Crippen molar-refractivity contribution in [2.75, 3.05) is 0 Å². The number of carbonyl (C=O) groups excluding carboxylic acids is 1. The van der Waals surface area contributed by atoms with Crippen LogP contribution in [-0.2, 0) is 19.6 Å². The Balaban J connectivity index is 2.86. The summed E-state index contributed by atoms with van der Waals surface area (Å²) < 4.78 is 39.2. The molecule has 9 heteroatoms. The molecule has 3 N–H and O–H groups in total. The maximum atomic E-state index is 12.8. The minimum absolute atomic E-state index is 0.124. The molecule has 0 aliphatic carbocycles. The van der Waals surface area contributed by atoms with Crippen LogP contribution in [0.1, 0.15) is 20.3 Å². The van der Waals surface area contributed by atoms with Crippen molar-refractivity contribution in [3.63, 3.8) is 0 Å². The van der Waals surface area contributed by atoms with Crippen LogP contribution in [0.3, 0.4) is 0 Å². The van der Waals surface area contributed by atoms with Gasteiger partial charge >= 0.3 is 5.97 Å². The van der Waals surface area contributed by atoms with Gasteiger partial charge in [-0.15, -0.1) is 0 Å². The number of sulfonamides is 1. The second-order valence-electron chi connectivity index (χ2n) is 4.60. The quantitative estimate of drug-likeness (QED) is 0.672. The van der Waals surface area contributed by atoms with E-state index in [0.29, 0.717) is 0 Å². The molecule has 0 bridgehead atoms. The van der Waals surface area contributed by atoms with Crippen molar-refractivity contribution in [2.24, 2.45) is 0 Å². The van der Waals surface area contributed by atoms with Crippen LogP contribution in [-0.4, -0.2) is 37.5 Å². The molecule has 1 rings (SSSR count). The lowest BCUT2D eigenvalue weighted by Gasteiger charge is -2.18. The van der Waals surface area contributed by atoms with E-state index in [2.05, 4.69) is 10.0 Å². The molecule has 2 unspecified atom stereocenters. The third-order valence-corrected chi connectivity index (χ3v) is 4.36. The van der Waals surface area contributed by atoms with Gasteiger partial charge in [0.2, 0.25) is 15.9 Å². The highest BCUT2D eigenvalue weighted by Gasteiger charge is 2.26. The predicted molar refractivity (Wildman–Crippen MR) is 76.0 cm³/mol. The monoisotopic (exact) mass is 332 g/mol. The van der Waals surface area contributed by atoms with Gasteiger partial charge in [-0.1, -0.05) is 6.92 Å². The molecule has 1 amide bonds. The van der Waals surface area contributed by atoms with E-state index < -0.39 is 39.8 Å². The van der Waals surface area contributed by atoms with Crippen LogP contribution in [0.5, 0.6) is 0 Å². The average molecular weight is 332 g/mol. The van der Waals surface area contributed by atoms with E-state index in [1.54, 1.807) is 6.92 Å². The number of amides is 1. The van der Waals surface area contributed by atoms with E-state index in [-0.39, 0.29) is 11.3 Å². The zero-order valence-electron chi connectivity index (χ0n) is 12.0. The van der Waals surface area contributed by atoms with Gasteiger partial charge in [0, 0.05) is 0 Å². The van der Waals surface area contributed by atoms with E-state index in [1.807, 2.05) is 0 Å². The second-order valence-corrected chi connectivity index (χ2v) is 6.32. The van der Waals surface area contributed by atoms with Crippen molar-refractivity contribution in [1.29, 1.82) is 0 Å². The maximum absolute atomic E-state index is 12.8. The van der Waals surface area contributed by atoms with Crippen molar-refractivity contribution in [3.8, 4) is 0 Å². The van der Waals surface area contributed by atoms with Crippen LogP contribution in [0.4, 0.5) is 4.39 Å². The Kier molecular flexibility index (Phi) is 6.01. The Labute approximate surface area is 127 Å². The molecule has 2 atom stereocenters. The number of halogens is 1. The fraction of sp³-hybridized carbons (Fsp3) is 0.385. The maximum Gasteiger partial charge on any atom is 0.325 e.